The van der Waals surface area contributed by atoms with Crippen molar-refractivity contribution in [3.05, 3.63) is 40.9 Å². The molecule has 0 radical (unpaired) electrons. The zero-order valence-electron chi connectivity index (χ0n) is 6.84. The van der Waals surface area contributed by atoms with Gasteiger partial charge in [-0.2, -0.15) is 0 Å². The minimum atomic E-state index is 0.728. The third-order valence-corrected chi connectivity index (χ3v) is 1.85. The monoisotopic (exact) mass is 176 g/mol. The first-order valence-electron chi connectivity index (χ1n) is 3.67. The summed E-state index contributed by atoms with van der Waals surface area (Å²) in [7, 11) is 0. The molecule has 1 aromatic rings. The molecule has 1 heteroatoms. The van der Waals surface area contributed by atoms with E-state index in [-0.39, 0.29) is 0 Å². The second-order valence-electron chi connectivity index (χ2n) is 2.35. The van der Waals surface area contributed by atoms with Crippen LogP contribution in [0.1, 0.15) is 12.5 Å². The lowest BCUT2D eigenvalue weighted by Gasteiger charge is -1.98. The lowest BCUT2D eigenvalue weighted by Crippen LogP contribution is -1.78. The zero-order chi connectivity index (χ0) is 8.97. The van der Waals surface area contributed by atoms with Crippen LogP contribution in [0.2, 0.25) is 5.02 Å². The van der Waals surface area contributed by atoms with Gasteiger partial charge < -0.3 is 0 Å². The first-order chi connectivity index (χ1) is 5.77. The van der Waals surface area contributed by atoms with Gasteiger partial charge >= 0.3 is 0 Å². The Morgan fingerprint density at radius 3 is 2.42 bits per heavy atom. The number of terminal acetylenes is 1. The number of benzene rings is 1. The molecular formula is C11H9Cl. The van der Waals surface area contributed by atoms with E-state index in [1.165, 1.54) is 0 Å². The predicted octanol–water partition coefficient (Wildman–Crippen LogP) is 3.38. The van der Waals surface area contributed by atoms with E-state index in [4.69, 9.17) is 18.0 Å². The first-order valence-corrected chi connectivity index (χ1v) is 4.04. The maximum Gasteiger partial charge on any atom is 0.0406 e. The van der Waals surface area contributed by atoms with Gasteiger partial charge in [-0.15, -0.1) is 6.42 Å². The first kappa shape index (κ1) is 8.90. The van der Waals surface area contributed by atoms with Gasteiger partial charge in [-0.3, -0.25) is 0 Å². The van der Waals surface area contributed by atoms with E-state index in [1.54, 1.807) is 0 Å². The normalized spacial score (nSPS) is 10.9. The summed E-state index contributed by atoms with van der Waals surface area (Å²) in [4.78, 5) is 0. The van der Waals surface area contributed by atoms with Gasteiger partial charge in [-0.05, 0) is 24.6 Å². The highest BCUT2D eigenvalue weighted by Gasteiger charge is 1.95. The van der Waals surface area contributed by atoms with Gasteiger partial charge in [-0.25, -0.2) is 0 Å². The van der Waals surface area contributed by atoms with Crippen LogP contribution in [0.15, 0.2) is 30.3 Å². The molecule has 0 aliphatic heterocycles. The van der Waals surface area contributed by atoms with Gasteiger partial charge in [0.1, 0.15) is 0 Å². The highest BCUT2D eigenvalue weighted by Crippen LogP contribution is 2.16. The number of allylic oxidation sites excluding steroid dienone is 2. The Hall–Kier alpha value is -1.19. The van der Waals surface area contributed by atoms with Crippen molar-refractivity contribution in [2.24, 2.45) is 0 Å². The van der Waals surface area contributed by atoms with E-state index in [0.29, 0.717) is 0 Å². The zero-order valence-corrected chi connectivity index (χ0v) is 7.60. The molecule has 12 heavy (non-hydrogen) atoms. The summed E-state index contributed by atoms with van der Waals surface area (Å²) in [6.07, 6.45) is 7.21. The minimum absolute atomic E-state index is 0.728. The fourth-order valence-corrected chi connectivity index (χ4v) is 1.09. The molecule has 0 unspecified atom stereocenters. The lowest BCUT2D eigenvalue weighted by molar-refractivity contribution is 1.61. The van der Waals surface area contributed by atoms with Crippen LogP contribution in [0.25, 0.3) is 5.57 Å². The van der Waals surface area contributed by atoms with Crippen molar-refractivity contribution in [2.45, 2.75) is 6.92 Å². The van der Waals surface area contributed by atoms with E-state index in [2.05, 4.69) is 5.92 Å². The molecule has 0 N–H and O–H groups in total. The van der Waals surface area contributed by atoms with E-state index < -0.39 is 0 Å². The van der Waals surface area contributed by atoms with Gasteiger partial charge in [0.2, 0.25) is 0 Å². The number of rotatable bonds is 1. The second-order valence-corrected chi connectivity index (χ2v) is 2.79. The summed E-state index contributed by atoms with van der Waals surface area (Å²) in [5.74, 6) is 2.61. The molecule has 0 aromatic heterocycles. The summed E-state index contributed by atoms with van der Waals surface area (Å²) in [6, 6.07) is 7.49. The Bertz CT molecular complexity index is 325. The molecule has 0 saturated carbocycles. The Balaban J connectivity index is 3.06. The summed E-state index contributed by atoms with van der Waals surface area (Å²) in [5.41, 5.74) is 1.93. The SMILES string of the molecule is C#C/C(=C\C)c1ccc(Cl)cc1. The van der Waals surface area contributed by atoms with Gasteiger partial charge in [0.05, 0.1) is 0 Å². The lowest BCUT2D eigenvalue weighted by atomic mass is 10.1. The van der Waals surface area contributed by atoms with Crippen molar-refractivity contribution < 1.29 is 0 Å². The van der Waals surface area contributed by atoms with Crippen molar-refractivity contribution in [1.29, 1.82) is 0 Å². The Morgan fingerprint density at radius 1 is 1.42 bits per heavy atom. The van der Waals surface area contributed by atoms with Gasteiger partial charge in [0.15, 0.2) is 0 Å². The average molecular weight is 177 g/mol. The minimum Gasteiger partial charge on any atom is -0.115 e. The molecule has 1 rings (SSSR count). The third-order valence-electron chi connectivity index (χ3n) is 1.60. The second kappa shape index (κ2) is 3.99. The number of halogens is 1. The maximum atomic E-state index is 5.73. The number of hydrogen-bond donors (Lipinski definition) is 0. The highest BCUT2D eigenvalue weighted by molar-refractivity contribution is 6.30. The predicted molar refractivity (Wildman–Crippen MR) is 53.9 cm³/mol. The molecule has 0 aliphatic carbocycles. The van der Waals surface area contributed by atoms with Crippen molar-refractivity contribution in [3.63, 3.8) is 0 Å². The van der Waals surface area contributed by atoms with Gasteiger partial charge in [0.25, 0.3) is 0 Å². The van der Waals surface area contributed by atoms with Crippen LogP contribution in [-0.2, 0) is 0 Å². The van der Waals surface area contributed by atoms with Crippen LogP contribution >= 0.6 is 11.6 Å². The molecule has 0 aliphatic rings. The fourth-order valence-electron chi connectivity index (χ4n) is 0.963. The van der Waals surface area contributed by atoms with Crippen LogP contribution in [0.4, 0.5) is 0 Å². The van der Waals surface area contributed by atoms with Crippen molar-refractivity contribution >= 4 is 17.2 Å². The largest absolute Gasteiger partial charge is 0.115 e. The quantitative estimate of drug-likeness (QED) is 0.576. The van der Waals surface area contributed by atoms with Crippen molar-refractivity contribution in [3.8, 4) is 12.3 Å². The molecule has 0 amide bonds. The van der Waals surface area contributed by atoms with E-state index in [0.717, 1.165) is 16.2 Å². The topological polar surface area (TPSA) is 0 Å². The van der Waals surface area contributed by atoms with Crippen LogP contribution in [0, 0.1) is 12.3 Å². The maximum absolute atomic E-state index is 5.73. The fraction of sp³-hybridized carbons (Fsp3) is 0.0909. The summed E-state index contributed by atoms with van der Waals surface area (Å²) in [6.45, 7) is 1.92. The molecule has 0 spiro atoms. The van der Waals surface area contributed by atoms with Crippen LogP contribution in [-0.4, -0.2) is 0 Å². The summed E-state index contributed by atoms with van der Waals surface area (Å²) >= 11 is 5.73. The molecule has 0 fully saturated rings. The Kier molecular flexibility index (Phi) is 2.96. The van der Waals surface area contributed by atoms with Crippen molar-refractivity contribution in [1.82, 2.24) is 0 Å². The molecule has 0 bridgehead atoms. The smallest absolute Gasteiger partial charge is 0.0406 e. The summed E-state index contributed by atoms with van der Waals surface area (Å²) in [5, 5.41) is 0.728. The molecule has 0 heterocycles. The standard InChI is InChI=1S/C11H9Cl/c1-3-9(4-2)10-5-7-11(12)8-6-10/h1,4-8H,2H3/b9-4+. The molecule has 0 saturated heterocycles. The number of hydrogen-bond acceptors (Lipinski definition) is 0. The summed E-state index contributed by atoms with van der Waals surface area (Å²) < 4.78 is 0. The van der Waals surface area contributed by atoms with Crippen molar-refractivity contribution in [2.75, 3.05) is 0 Å². The Labute approximate surface area is 77.9 Å². The van der Waals surface area contributed by atoms with Crippen LogP contribution < -0.4 is 0 Å². The van der Waals surface area contributed by atoms with Gasteiger partial charge in [-0.1, -0.05) is 35.7 Å². The van der Waals surface area contributed by atoms with E-state index in [1.807, 2.05) is 37.3 Å². The van der Waals surface area contributed by atoms with Crippen LogP contribution in [0.5, 0.6) is 0 Å². The van der Waals surface area contributed by atoms with E-state index >= 15 is 0 Å². The molecule has 60 valence electrons. The molecule has 1 aromatic carbocycles. The van der Waals surface area contributed by atoms with E-state index in [9.17, 15) is 0 Å². The highest BCUT2D eigenvalue weighted by atomic mass is 35.5. The average Bonchev–Trinajstić information content (AvgIpc) is 2.10. The molecular weight excluding hydrogens is 168 g/mol. The third kappa shape index (κ3) is 1.90. The van der Waals surface area contributed by atoms with Gasteiger partial charge in [0, 0.05) is 10.6 Å². The molecule has 0 nitrogen and oxygen atoms in total. The Morgan fingerprint density at radius 2 is 2.00 bits per heavy atom. The molecule has 0 atom stereocenters. The van der Waals surface area contributed by atoms with Crippen LogP contribution in [0.3, 0.4) is 0 Å².